The quantitative estimate of drug-likeness (QED) is 0.677. The maximum atomic E-state index is 12.1. The zero-order chi connectivity index (χ0) is 13.8. The highest BCUT2D eigenvalue weighted by Crippen LogP contribution is 2.33. The van der Waals surface area contributed by atoms with Crippen molar-refractivity contribution in [1.29, 1.82) is 0 Å². The minimum absolute atomic E-state index is 0.0283. The van der Waals surface area contributed by atoms with Gasteiger partial charge in [-0.2, -0.15) is 0 Å². The van der Waals surface area contributed by atoms with Gasteiger partial charge in [0.25, 0.3) is 0 Å². The molecule has 0 bridgehead atoms. The minimum Gasteiger partial charge on any atom is -0.468 e. The van der Waals surface area contributed by atoms with Crippen LogP contribution in [0.3, 0.4) is 0 Å². The molecule has 2 rings (SSSR count). The van der Waals surface area contributed by atoms with Crippen molar-refractivity contribution in [2.24, 2.45) is 11.7 Å². The lowest BCUT2D eigenvalue weighted by Crippen LogP contribution is -2.50. The van der Waals surface area contributed by atoms with Gasteiger partial charge in [-0.15, -0.1) is 0 Å². The second-order valence-electron chi connectivity index (χ2n) is 5.44. The van der Waals surface area contributed by atoms with Crippen molar-refractivity contribution in [2.45, 2.75) is 25.3 Å². The van der Waals surface area contributed by atoms with E-state index in [-0.39, 0.29) is 17.9 Å². The normalized spacial score (nSPS) is 22.1. The van der Waals surface area contributed by atoms with Crippen LogP contribution >= 0.6 is 0 Å². The number of methoxy groups -OCH3 is 1. The number of carbonyl (C=O) groups is 2. The highest BCUT2D eigenvalue weighted by Gasteiger charge is 2.31. The molecule has 0 aromatic carbocycles. The molecule has 0 aromatic heterocycles. The van der Waals surface area contributed by atoms with Crippen molar-refractivity contribution in [2.75, 3.05) is 39.8 Å². The molecule has 1 aliphatic heterocycles. The fourth-order valence-corrected chi connectivity index (χ4v) is 2.42. The first-order valence-electron chi connectivity index (χ1n) is 6.92. The summed E-state index contributed by atoms with van der Waals surface area (Å²) in [5.41, 5.74) is 5.98. The lowest BCUT2D eigenvalue weighted by molar-refractivity contribution is -0.142. The smallest absolute Gasteiger partial charge is 0.319 e. The molecule has 1 amide bonds. The number of piperazine rings is 1. The zero-order valence-electron chi connectivity index (χ0n) is 11.5. The summed E-state index contributed by atoms with van der Waals surface area (Å²) in [6.45, 7) is 3.10. The van der Waals surface area contributed by atoms with Crippen molar-refractivity contribution in [1.82, 2.24) is 9.80 Å². The van der Waals surface area contributed by atoms with E-state index in [1.165, 1.54) is 20.0 Å². The number of rotatable bonds is 5. The molecule has 0 radical (unpaired) electrons. The van der Waals surface area contributed by atoms with Gasteiger partial charge in [0.05, 0.1) is 13.7 Å². The van der Waals surface area contributed by atoms with E-state index in [4.69, 9.17) is 5.73 Å². The van der Waals surface area contributed by atoms with Crippen molar-refractivity contribution in [3.63, 3.8) is 0 Å². The fourth-order valence-electron chi connectivity index (χ4n) is 2.42. The van der Waals surface area contributed by atoms with Crippen molar-refractivity contribution in [3.8, 4) is 0 Å². The van der Waals surface area contributed by atoms with Gasteiger partial charge in [0, 0.05) is 38.6 Å². The Hall–Kier alpha value is -1.14. The average Bonchev–Trinajstić information content (AvgIpc) is 3.23. The largest absolute Gasteiger partial charge is 0.468 e. The standard InChI is InChI=1S/C13H23N3O3/c1-19-13(18)9-15-4-6-16(7-5-15)12(17)8-11(14)10-2-3-10/h10-11H,2-9,14H2,1H3. The number of nitrogens with zero attached hydrogens (tertiary/aromatic N) is 2. The molecule has 1 saturated carbocycles. The number of amides is 1. The Morgan fingerprint density at radius 3 is 2.42 bits per heavy atom. The molecule has 2 fully saturated rings. The predicted octanol–water partition coefficient (Wildman–Crippen LogP) is -0.569. The Bertz CT molecular complexity index is 336. The van der Waals surface area contributed by atoms with Crippen molar-refractivity contribution >= 4 is 11.9 Å². The molecular weight excluding hydrogens is 246 g/mol. The van der Waals surface area contributed by atoms with Crippen molar-refractivity contribution < 1.29 is 14.3 Å². The summed E-state index contributed by atoms with van der Waals surface area (Å²) in [5, 5.41) is 0. The van der Waals surface area contributed by atoms with E-state index in [9.17, 15) is 9.59 Å². The summed E-state index contributed by atoms with van der Waals surface area (Å²) in [6, 6.07) is 0.0283. The molecule has 1 atom stereocenters. The minimum atomic E-state index is -0.226. The molecule has 108 valence electrons. The Morgan fingerprint density at radius 1 is 1.26 bits per heavy atom. The number of esters is 1. The Kier molecular flexibility index (Phi) is 4.76. The maximum Gasteiger partial charge on any atom is 0.319 e. The van der Waals surface area contributed by atoms with Gasteiger partial charge in [0.2, 0.25) is 5.91 Å². The molecule has 1 heterocycles. The predicted molar refractivity (Wildman–Crippen MR) is 70.4 cm³/mol. The molecule has 2 aliphatic rings. The first-order chi connectivity index (χ1) is 9.10. The van der Waals surface area contributed by atoms with Crippen LogP contribution in [0.1, 0.15) is 19.3 Å². The monoisotopic (exact) mass is 269 g/mol. The van der Waals surface area contributed by atoms with Crippen LogP contribution in [0.4, 0.5) is 0 Å². The van der Waals surface area contributed by atoms with E-state index in [0.717, 1.165) is 13.1 Å². The van der Waals surface area contributed by atoms with Gasteiger partial charge in [-0.25, -0.2) is 0 Å². The van der Waals surface area contributed by atoms with Crippen LogP contribution in [0.15, 0.2) is 0 Å². The van der Waals surface area contributed by atoms with Gasteiger partial charge in [0.1, 0.15) is 0 Å². The Labute approximate surface area is 113 Å². The zero-order valence-corrected chi connectivity index (χ0v) is 11.5. The molecule has 2 N–H and O–H groups in total. The van der Waals surface area contributed by atoms with Gasteiger partial charge in [-0.3, -0.25) is 14.5 Å². The fraction of sp³-hybridized carbons (Fsp3) is 0.846. The van der Waals surface area contributed by atoms with Gasteiger partial charge >= 0.3 is 5.97 Å². The number of hydrogen-bond acceptors (Lipinski definition) is 5. The third kappa shape index (κ3) is 4.18. The van der Waals surface area contributed by atoms with E-state index >= 15 is 0 Å². The van der Waals surface area contributed by atoms with Crippen LogP contribution in [0.25, 0.3) is 0 Å². The van der Waals surface area contributed by atoms with Crippen LogP contribution in [-0.4, -0.2) is 67.6 Å². The van der Waals surface area contributed by atoms with Crippen LogP contribution < -0.4 is 5.73 Å². The molecule has 0 aromatic rings. The summed E-state index contributed by atoms with van der Waals surface area (Å²) >= 11 is 0. The van der Waals surface area contributed by atoms with Gasteiger partial charge in [-0.1, -0.05) is 0 Å². The van der Waals surface area contributed by atoms with E-state index < -0.39 is 0 Å². The summed E-state index contributed by atoms with van der Waals surface area (Å²) in [5.74, 6) is 0.484. The number of ether oxygens (including phenoxy) is 1. The summed E-state index contributed by atoms with van der Waals surface area (Å²) in [4.78, 5) is 27.1. The molecule has 1 saturated heterocycles. The van der Waals surface area contributed by atoms with Crippen LogP contribution in [0.5, 0.6) is 0 Å². The van der Waals surface area contributed by atoms with Crippen LogP contribution in [-0.2, 0) is 14.3 Å². The van der Waals surface area contributed by atoms with E-state index in [1.54, 1.807) is 0 Å². The molecule has 19 heavy (non-hydrogen) atoms. The molecule has 1 aliphatic carbocycles. The number of nitrogens with two attached hydrogens (primary N) is 1. The van der Waals surface area contributed by atoms with Gasteiger partial charge in [0.15, 0.2) is 0 Å². The summed E-state index contributed by atoms with van der Waals surface area (Å²) < 4.78 is 4.64. The Morgan fingerprint density at radius 2 is 1.89 bits per heavy atom. The first kappa shape index (κ1) is 14.3. The topological polar surface area (TPSA) is 75.9 Å². The SMILES string of the molecule is COC(=O)CN1CCN(C(=O)CC(N)C2CC2)CC1. The maximum absolute atomic E-state index is 12.1. The van der Waals surface area contributed by atoms with Crippen LogP contribution in [0, 0.1) is 5.92 Å². The van der Waals surface area contributed by atoms with E-state index in [0.29, 0.717) is 32.0 Å². The third-order valence-electron chi connectivity index (χ3n) is 3.94. The molecule has 6 nitrogen and oxygen atoms in total. The Balaban J connectivity index is 1.69. The van der Waals surface area contributed by atoms with Crippen molar-refractivity contribution in [3.05, 3.63) is 0 Å². The number of carbonyl (C=O) groups excluding carboxylic acids is 2. The van der Waals surface area contributed by atoms with E-state index in [1.807, 2.05) is 9.80 Å². The summed E-state index contributed by atoms with van der Waals surface area (Å²) in [6.07, 6.45) is 2.80. The molecule has 6 heteroatoms. The average molecular weight is 269 g/mol. The lowest BCUT2D eigenvalue weighted by Gasteiger charge is -2.34. The highest BCUT2D eigenvalue weighted by atomic mass is 16.5. The summed E-state index contributed by atoms with van der Waals surface area (Å²) in [7, 11) is 1.39. The second kappa shape index (κ2) is 6.34. The number of hydrogen-bond donors (Lipinski definition) is 1. The lowest BCUT2D eigenvalue weighted by atomic mass is 10.1. The second-order valence-corrected chi connectivity index (χ2v) is 5.44. The highest BCUT2D eigenvalue weighted by molar-refractivity contribution is 5.77. The van der Waals surface area contributed by atoms with Crippen LogP contribution in [0.2, 0.25) is 0 Å². The molecule has 0 spiro atoms. The van der Waals surface area contributed by atoms with Gasteiger partial charge < -0.3 is 15.4 Å². The molecule has 1 unspecified atom stereocenters. The van der Waals surface area contributed by atoms with Gasteiger partial charge in [-0.05, 0) is 18.8 Å². The third-order valence-corrected chi connectivity index (χ3v) is 3.94. The molecular formula is C13H23N3O3. The first-order valence-corrected chi connectivity index (χ1v) is 6.92. The van der Waals surface area contributed by atoms with E-state index in [2.05, 4.69) is 4.74 Å².